The minimum absolute atomic E-state index is 0.167. The van der Waals surface area contributed by atoms with Crippen LogP contribution < -0.4 is 10.6 Å². The van der Waals surface area contributed by atoms with Gasteiger partial charge in [0.15, 0.2) is 0 Å². The van der Waals surface area contributed by atoms with Crippen LogP contribution in [-0.4, -0.2) is 25.8 Å². The molecule has 3 aromatic heterocycles. The molecule has 0 bridgehead atoms. The van der Waals surface area contributed by atoms with Gasteiger partial charge in [-0.15, -0.1) is 0 Å². The van der Waals surface area contributed by atoms with Crippen molar-refractivity contribution < 1.29 is 4.79 Å². The molecule has 0 saturated heterocycles. The molecule has 0 aliphatic rings. The van der Waals surface area contributed by atoms with E-state index in [1.807, 2.05) is 42.5 Å². The number of hydrogen-bond donors (Lipinski definition) is 1. The lowest BCUT2D eigenvalue weighted by atomic mass is 10.1. The van der Waals surface area contributed by atoms with Crippen LogP contribution in [0.4, 0.5) is 11.5 Å². The van der Waals surface area contributed by atoms with E-state index in [-0.39, 0.29) is 5.91 Å². The maximum absolute atomic E-state index is 13.5. The van der Waals surface area contributed by atoms with Crippen molar-refractivity contribution in [3.63, 3.8) is 0 Å². The number of fused-ring (bicyclic) bond motifs is 2. The van der Waals surface area contributed by atoms with Crippen LogP contribution in [0.3, 0.4) is 0 Å². The maximum atomic E-state index is 13.5. The topological polar surface area (TPSA) is 97.9 Å². The average Bonchev–Trinajstić information content (AvgIpc) is 2.82. The predicted octanol–water partition coefficient (Wildman–Crippen LogP) is 4.00. The zero-order chi connectivity index (χ0) is 21.2. The van der Waals surface area contributed by atoms with Gasteiger partial charge in [0.05, 0.1) is 28.8 Å². The summed E-state index contributed by atoms with van der Waals surface area (Å²) in [5.41, 5.74) is 9.47. The van der Waals surface area contributed by atoms with Crippen molar-refractivity contribution in [2.45, 2.75) is 6.54 Å². The number of nitrogens with zero attached hydrogens (tertiary/aromatic N) is 5. The first-order valence-electron chi connectivity index (χ1n) is 9.75. The molecule has 0 unspecified atom stereocenters. The van der Waals surface area contributed by atoms with E-state index >= 15 is 0 Å². The van der Waals surface area contributed by atoms with Crippen molar-refractivity contribution in [1.82, 2.24) is 19.9 Å². The van der Waals surface area contributed by atoms with Gasteiger partial charge in [0.2, 0.25) is 0 Å². The van der Waals surface area contributed by atoms with Gasteiger partial charge in [-0.25, -0.2) is 15.0 Å². The van der Waals surface area contributed by atoms with Crippen molar-refractivity contribution in [3.8, 4) is 0 Å². The molecule has 0 fully saturated rings. The molecule has 0 aliphatic carbocycles. The Hall–Kier alpha value is -4.39. The number of pyridine rings is 2. The number of nitrogens with two attached hydrogens (primary N) is 1. The number of aromatic nitrogens is 4. The van der Waals surface area contributed by atoms with Gasteiger partial charge in [-0.2, -0.15) is 0 Å². The van der Waals surface area contributed by atoms with Crippen LogP contribution in [-0.2, 0) is 6.54 Å². The first-order chi connectivity index (χ1) is 15.2. The second-order valence-corrected chi connectivity index (χ2v) is 7.13. The van der Waals surface area contributed by atoms with Crippen LogP contribution in [0.15, 0.2) is 85.6 Å². The third-order valence-electron chi connectivity index (χ3n) is 5.08. The highest BCUT2D eigenvalue weighted by Gasteiger charge is 2.21. The Balaban J connectivity index is 1.63. The molecule has 5 aromatic rings. The molecule has 7 nitrogen and oxygen atoms in total. The van der Waals surface area contributed by atoms with Crippen molar-refractivity contribution >= 4 is 39.2 Å². The largest absolute Gasteiger partial charge is 0.384 e. The summed E-state index contributed by atoms with van der Waals surface area (Å²) < 4.78 is 0. The van der Waals surface area contributed by atoms with Gasteiger partial charge in [0.25, 0.3) is 5.91 Å². The maximum Gasteiger partial charge on any atom is 0.260 e. The molecule has 3 heterocycles. The Morgan fingerprint density at radius 3 is 2.71 bits per heavy atom. The monoisotopic (exact) mass is 406 g/mol. The molecule has 0 aliphatic heterocycles. The van der Waals surface area contributed by atoms with Crippen molar-refractivity contribution in [1.29, 1.82) is 0 Å². The Bertz CT molecular complexity index is 1400. The standard InChI is InChI=1S/C24H18N6O/c25-22-9-8-17-7-6-16(11-20(17)29-22)14-30(24(31)19-4-2-10-26-13-19)21-5-1-3-18-12-27-15-28-23(18)21/h1-13,15H,14H2,(H2,25,29). The van der Waals surface area contributed by atoms with E-state index in [2.05, 4.69) is 19.9 Å². The number of rotatable bonds is 4. The molecule has 1 amide bonds. The Morgan fingerprint density at radius 1 is 0.935 bits per heavy atom. The number of benzene rings is 2. The lowest BCUT2D eigenvalue weighted by molar-refractivity contribution is 0.0985. The molecule has 0 atom stereocenters. The summed E-state index contributed by atoms with van der Waals surface area (Å²) >= 11 is 0. The predicted molar refractivity (Wildman–Crippen MR) is 120 cm³/mol. The molecular weight excluding hydrogens is 388 g/mol. The van der Waals surface area contributed by atoms with Crippen LogP contribution in [0.25, 0.3) is 21.8 Å². The van der Waals surface area contributed by atoms with E-state index in [0.29, 0.717) is 29.1 Å². The minimum Gasteiger partial charge on any atom is -0.384 e. The summed E-state index contributed by atoms with van der Waals surface area (Å²) in [5.74, 6) is 0.290. The van der Waals surface area contributed by atoms with E-state index in [0.717, 1.165) is 21.9 Å². The highest BCUT2D eigenvalue weighted by molar-refractivity contribution is 6.09. The molecule has 5 rings (SSSR count). The number of hydrogen-bond acceptors (Lipinski definition) is 6. The van der Waals surface area contributed by atoms with Crippen LogP contribution >= 0.6 is 0 Å². The molecule has 7 heteroatoms. The van der Waals surface area contributed by atoms with Crippen LogP contribution in [0.5, 0.6) is 0 Å². The number of para-hydroxylation sites is 1. The number of anilines is 2. The van der Waals surface area contributed by atoms with Gasteiger partial charge >= 0.3 is 0 Å². The van der Waals surface area contributed by atoms with E-state index in [4.69, 9.17) is 5.73 Å². The molecular formula is C24H18N6O. The van der Waals surface area contributed by atoms with Gasteiger partial charge < -0.3 is 10.6 Å². The highest BCUT2D eigenvalue weighted by atomic mass is 16.2. The Labute approximate surface area is 178 Å². The van der Waals surface area contributed by atoms with Crippen LogP contribution in [0.2, 0.25) is 0 Å². The van der Waals surface area contributed by atoms with Crippen LogP contribution in [0.1, 0.15) is 15.9 Å². The summed E-state index contributed by atoms with van der Waals surface area (Å²) in [7, 11) is 0. The molecule has 0 spiro atoms. The Kier molecular flexibility index (Phi) is 4.68. The lowest BCUT2D eigenvalue weighted by Gasteiger charge is -2.24. The first-order valence-corrected chi connectivity index (χ1v) is 9.75. The van der Waals surface area contributed by atoms with E-state index in [1.54, 1.807) is 41.7 Å². The van der Waals surface area contributed by atoms with Gasteiger partial charge in [-0.05, 0) is 42.0 Å². The number of nitrogen functional groups attached to an aromatic ring is 1. The summed E-state index contributed by atoms with van der Waals surface area (Å²) in [5, 5.41) is 1.85. The van der Waals surface area contributed by atoms with Crippen molar-refractivity contribution in [2.75, 3.05) is 10.6 Å². The van der Waals surface area contributed by atoms with Crippen molar-refractivity contribution in [2.24, 2.45) is 0 Å². The second-order valence-electron chi connectivity index (χ2n) is 7.13. The van der Waals surface area contributed by atoms with Gasteiger partial charge in [-0.3, -0.25) is 9.78 Å². The smallest absolute Gasteiger partial charge is 0.260 e. The normalized spacial score (nSPS) is 11.0. The van der Waals surface area contributed by atoms with E-state index < -0.39 is 0 Å². The van der Waals surface area contributed by atoms with Gasteiger partial charge in [-0.1, -0.05) is 24.3 Å². The third kappa shape index (κ3) is 3.64. The van der Waals surface area contributed by atoms with Gasteiger partial charge in [0, 0.05) is 29.4 Å². The molecule has 2 N–H and O–H groups in total. The fourth-order valence-corrected chi connectivity index (χ4v) is 3.59. The summed E-state index contributed by atoms with van der Waals surface area (Å²) in [6, 6.07) is 18.8. The zero-order valence-electron chi connectivity index (χ0n) is 16.5. The lowest BCUT2D eigenvalue weighted by Crippen LogP contribution is -2.30. The molecule has 0 radical (unpaired) electrons. The first kappa shape index (κ1) is 18.6. The van der Waals surface area contributed by atoms with E-state index in [1.165, 1.54) is 6.33 Å². The fourth-order valence-electron chi connectivity index (χ4n) is 3.59. The SMILES string of the molecule is Nc1ccc2ccc(CN(C(=O)c3cccnc3)c3cccc4cncnc34)cc2n1. The summed E-state index contributed by atoms with van der Waals surface area (Å²) in [4.78, 5) is 32.3. The zero-order valence-corrected chi connectivity index (χ0v) is 16.5. The molecule has 150 valence electrons. The fraction of sp³-hybridized carbons (Fsp3) is 0.0417. The molecule has 2 aromatic carbocycles. The third-order valence-corrected chi connectivity index (χ3v) is 5.08. The molecule has 31 heavy (non-hydrogen) atoms. The highest BCUT2D eigenvalue weighted by Crippen LogP contribution is 2.28. The van der Waals surface area contributed by atoms with E-state index in [9.17, 15) is 4.79 Å². The number of carbonyl (C=O) groups excluding carboxylic acids is 1. The average molecular weight is 406 g/mol. The minimum atomic E-state index is -0.167. The molecule has 0 saturated carbocycles. The van der Waals surface area contributed by atoms with Gasteiger partial charge in [0.1, 0.15) is 12.1 Å². The second kappa shape index (κ2) is 7.79. The number of amides is 1. The van der Waals surface area contributed by atoms with Crippen LogP contribution in [0, 0.1) is 0 Å². The number of carbonyl (C=O) groups is 1. The summed E-state index contributed by atoms with van der Waals surface area (Å²) in [6.07, 6.45) is 6.44. The Morgan fingerprint density at radius 2 is 1.84 bits per heavy atom. The summed E-state index contributed by atoms with van der Waals surface area (Å²) in [6.45, 7) is 0.337. The quantitative estimate of drug-likeness (QED) is 0.484. The van der Waals surface area contributed by atoms with Crippen molar-refractivity contribution in [3.05, 3.63) is 96.7 Å².